The van der Waals surface area contributed by atoms with E-state index in [0.717, 1.165) is 12.5 Å². The third-order valence-electron chi connectivity index (χ3n) is 3.86. The highest BCUT2D eigenvalue weighted by Gasteiger charge is 2.26. The Morgan fingerprint density at radius 1 is 1.40 bits per heavy atom. The predicted octanol–water partition coefficient (Wildman–Crippen LogP) is 1.10. The minimum absolute atomic E-state index is 0.411. The van der Waals surface area contributed by atoms with Crippen molar-refractivity contribution in [2.75, 3.05) is 32.8 Å². The van der Waals surface area contributed by atoms with Gasteiger partial charge in [0.15, 0.2) is 0 Å². The van der Waals surface area contributed by atoms with Gasteiger partial charge in [-0.25, -0.2) is 0 Å². The first-order valence-corrected chi connectivity index (χ1v) is 6.37. The number of nitrogens with one attached hydrogen (secondary N) is 1. The third kappa shape index (κ3) is 2.92. The summed E-state index contributed by atoms with van der Waals surface area (Å²) in [6.07, 6.45) is 2.96. The van der Waals surface area contributed by atoms with E-state index in [1.54, 1.807) is 0 Å². The van der Waals surface area contributed by atoms with Crippen LogP contribution in [0.4, 0.5) is 0 Å². The van der Waals surface area contributed by atoms with Crippen molar-refractivity contribution in [2.45, 2.75) is 38.8 Å². The van der Waals surface area contributed by atoms with Gasteiger partial charge in [0.25, 0.3) is 0 Å². The van der Waals surface area contributed by atoms with E-state index in [1.165, 1.54) is 39.0 Å². The molecular formula is C12H24N2O. The maximum atomic E-state index is 5.55. The number of nitrogens with zero attached hydrogens (tertiary/aromatic N) is 1. The van der Waals surface area contributed by atoms with Gasteiger partial charge < -0.3 is 15.0 Å². The van der Waals surface area contributed by atoms with Gasteiger partial charge in [-0.2, -0.15) is 0 Å². The van der Waals surface area contributed by atoms with Crippen LogP contribution in [0.2, 0.25) is 0 Å². The van der Waals surface area contributed by atoms with Gasteiger partial charge in [0.05, 0.1) is 6.10 Å². The van der Waals surface area contributed by atoms with Crippen LogP contribution in [0.3, 0.4) is 0 Å². The van der Waals surface area contributed by atoms with Crippen molar-refractivity contribution >= 4 is 0 Å². The van der Waals surface area contributed by atoms with Crippen LogP contribution in [0.15, 0.2) is 0 Å². The van der Waals surface area contributed by atoms with E-state index in [4.69, 9.17) is 4.74 Å². The van der Waals surface area contributed by atoms with Gasteiger partial charge in [0.2, 0.25) is 0 Å². The van der Waals surface area contributed by atoms with E-state index in [1.807, 2.05) is 0 Å². The second-order valence-electron chi connectivity index (χ2n) is 4.93. The lowest BCUT2D eigenvalue weighted by Crippen LogP contribution is -2.38. The second kappa shape index (κ2) is 5.28. The molecule has 2 heterocycles. The highest BCUT2D eigenvalue weighted by Crippen LogP contribution is 2.17. The van der Waals surface area contributed by atoms with Crippen molar-refractivity contribution in [3.63, 3.8) is 0 Å². The topological polar surface area (TPSA) is 24.5 Å². The standard InChI is InChI=1S/C12H24N2O/c1-3-14-6-4-11(9-14)8-13-12-5-7-15-10(12)2/h10-13H,3-9H2,1-2H3. The summed E-state index contributed by atoms with van der Waals surface area (Å²) in [5.41, 5.74) is 0. The molecule has 0 aliphatic carbocycles. The minimum Gasteiger partial charge on any atom is -0.377 e. The molecule has 0 spiro atoms. The molecule has 0 bridgehead atoms. The van der Waals surface area contributed by atoms with Gasteiger partial charge in [-0.15, -0.1) is 0 Å². The molecule has 0 aromatic rings. The van der Waals surface area contributed by atoms with Crippen LogP contribution in [0.5, 0.6) is 0 Å². The number of hydrogen-bond donors (Lipinski definition) is 1. The first kappa shape index (κ1) is 11.4. The average Bonchev–Trinajstić information content (AvgIpc) is 2.84. The second-order valence-corrected chi connectivity index (χ2v) is 4.93. The van der Waals surface area contributed by atoms with Crippen molar-refractivity contribution in [2.24, 2.45) is 5.92 Å². The summed E-state index contributed by atoms with van der Waals surface area (Å²) in [5.74, 6) is 0.859. The Bertz CT molecular complexity index is 198. The van der Waals surface area contributed by atoms with E-state index in [-0.39, 0.29) is 0 Å². The molecule has 3 heteroatoms. The molecule has 88 valence electrons. The summed E-state index contributed by atoms with van der Waals surface area (Å²) in [4.78, 5) is 2.54. The molecule has 0 saturated carbocycles. The molecule has 2 saturated heterocycles. The first-order valence-electron chi connectivity index (χ1n) is 6.37. The normalized spacial score (nSPS) is 37.6. The maximum Gasteiger partial charge on any atom is 0.0700 e. The van der Waals surface area contributed by atoms with Crippen LogP contribution in [-0.2, 0) is 4.74 Å². The lowest BCUT2D eigenvalue weighted by Gasteiger charge is -2.19. The number of ether oxygens (including phenoxy) is 1. The van der Waals surface area contributed by atoms with Crippen molar-refractivity contribution < 1.29 is 4.74 Å². The van der Waals surface area contributed by atoms with E-state index < -0.39 is 0 Å². The fraction of sp³-hybridized carbons (Fsp3) is 1.00. The zero-order chi connectivity index (χ0) is 10.7. The van der Waals surface area contributed by atoms with Crippen LogP contribution in [-0.4, -0.2) is 49.8 Å². The third-order valence-corrected chi connectivity index (χ3v) is 3.86. The van der Waals surface area contributed by atoms with Gasteiger partial charge in [-0.3, -0.25) is 0 Å². The van der Waals surface area contributed by atoms with Crippen molar-refractivity contribution in [3.05, 3.63) is 0 Å². The lowest BCUT2D eigenvalue weighted by atomic mass is 10.1. The van der Waals surface area contributed by atoms with Crippen molar-refractivity contribution in [1.29, 1.82) is 0 Å². The molecule has 15 heavy (non-hydrogen) atoms. The number of hydrogen-bond acceptors (Lipinski definition) is 3. The number of likely N-dealkylation sites (tertiary alicyclic amines) is 1. The predicted molar refractivity (Wildman–Crippen MR) is 62.0 cm³/mol. The Morgan fingerprint density at radius 3 is 2.87 bits per heavy atom. The lowest BCUT2D eigenvalue weighted by molar-refractivity contribution is 0.112. The largest absolute Gasteiger partial charge is 0.377 e. The van der Waals surface area contributed by atoms with Crippen LogP contribution in [0.25, 0.3) is 0 Å². The molecule has 2 aliphatic heterocycles. The zero-order valence-corrected chi connectivity index (χ0v) is 10.0. The van der Waals surface area contributed by atoms with Gasteiger partial charge in [0.1, 0.15) is 0 Å². The number of rotatable bonds is 4. The quantitative estimate of drug-likeness (QED) is 0.755. The molecular weight excluding hydrogens is 188 g/mol. The first-order chi connectivity index (χ1) is 7.29. The Kier molecular flexibility index (Phi) is 4.00. The van der Waals surface area contributed by atoms with Crippen LogP contribution < -0.4 is 5.32 Å². The van der Waals surface area contributed by atoms with E-state index in [0.29, 0.717) is 12.1 Å². The monoisotopic (exact) mass is 212 g/mol. The summed E-state index contributed by atoms with van der Waals surface area (Å²) in [7, 11) is 0. The van der Waals surface area contributed by atoms with Gasteiger partial charge in [0, 0.05) is 19.2 Å². The fourth-order valence-electron chi connectivity index (χ4n) is 2.68. The zero-order valence-electron chi connectivity index (χ0n) is 10.0. The van der Waals surface area contributed by atoms with E-state index >= 15 is 0 Å². The molecule has 0 radical (unpaired) electrons. The highest BCUT2D eigenvalue weighted by molar-refractivity contribution is 4.82. The molecule has 0 aromatic heterocycles. The molecule has 1 N–H and O–H groups in total. The summed E-state index contributed by atoms with van der Waals surface area (Å²) in [5, 5.41) is 3.67. The molecule has 3 unspecified atom stereocenters. The molecule has 3 nitrogen and oxygen atoms in total. The summed E-state index contributed by atoms with van der Waals surface area (Å²) in [6.45, 7) is 10.3. The molecule has 2 aliphatic rings. The van der Waals surface area contributed by atoms with Gasteiger partial charge in [-0.05, 0) is 45.3 Å². The van der Waals surface area contributed by atoms with Crippen molar-refractivity contribution in [1.82, 2.24) is 10.2 Å². The van der Waals surface area contributed by atoms with E-state index in [2.05, 4.69) is 24.1 Å². The molecule has 0 amide bonds. The summed E-state index contributed by atoms with van der Waals surface area (Å²) >= 11 is 0. The molecule has 2 fully saturated rings. The smallest absolute Gasteiger partial charge is 0.0700 e. The Labute approximate surface area is 93.2 Å². The SMILES string of the molecule is CCN1CCC(CNC2CCOC2C)C1. The Balaban J connectivity index is 1.66. The van der Waals surface area contributed by atoms with Gasteiger partial charge in [-0.1, -0.05) is 6.92 Å². The minimum atomic E-state index is 0.411. The molecule has 0 aromatic carbocycles. The molecule has 2 rings (SSSR count). The van der Waals surface area contributed by atoms with Crippen LogP contribution in [0.1, 0.15) is 26.7 Å². The van der Waals surface area contributed by atoms with Crippen molar-refractivity contribution in [3.8, 4) is 0 Å². The van der Waals surface area contributed by atoms with E-state index in [9.17, 15) is 0 Å². The Morgan fingerprint density at radius 2 is 2.27 bits per heavy atom. The van der Waals surface area contributed by atoms with Crippen LogP contribution >= 0.6 is 0 Å². The van der Waals surface area contributed by atoms with Gasteiger partial charge >= 0.3 is 0 Å². The Hall–Kier alpha value is -0.120. The average molecular weight is 212 g/mol. The fourth-order valence-corrected chi connectivity index (χ4v) is 2.68. The van der Waals surface area contributed by atoms with Crippen LogP contribution in [0, 0.1) is 5.92 Å². The molecule has 3 atom stereocenters. The summed E-state index contributed by atoms with van der Waals surface area (Å²) in [6, 6.07) is 0.598. The highest BCUT2D eigenvalue weighted by atomic mass is 16.5. The maximum absolute atomic E-state index is 5.55. The summed E-state index contributed by atoms with van der Waals surface area (Å²) < 4.78 is 5.55.